The van der Waals surface area contributed by atoms with Gasteiger partial charge < -0.3 is 4.74 Å². The second kappa shape index (κ2) is 11.6. The zero-order chi connectivity index (χ0) is 25.7. The number of hydrogen-bond donors (Lipinski definition) is 0. The van der Waals surface area contributed by atoms with Crippen LogP contribution in [-0.4, -0.2) is 44.3 Å². The minimum Gasteiger partial charge on any atom is -0.497 e. The zero-order valence-electron chi connectivity index (χ0n) is 20.5. The summed E-state index contributed by atoms with van der Waals surface area (Å²) < 4.78 is 34.3. The van der Waals surface area contributed by atoms with Crippen LogP contribution in [0.25, 0.3) is 5.57 Å². The Bertz CT molecular complexity index is 1330. The maximum atomic E-state index is 14.2. The van der Waals surface area contributed by atoms with Gasteiger partial charge in [-0.25, -0.2) is 12.7 Å². The van der Waals surface area contributed by atoms with E-state index in [1.807, 2.05) is 61.5 Å². The predicted molar refractivity (Wildman–Crippen MR) is 150 cm³/mol. The van der Waals surface area contributed by atoms with Crippen molar-refractivity contribution in [2.75, 3.05) is 25.7 Å². The Labute approximate surface area is 222 Å². The van der Waals surface area contributed by atoms with Crippen LogP contribution in [0.5, 0.6) is 5.75 Å². The molecule has 1 saturated heterocycles. The highest BCUT2D eigenvalue weighted by molar-refractivity contribution is 8.23. The third-order valence-corrected chi connectivity index (χ3v) is 10.5. The van der Waals surface area contributed by atoms with Crippen molar-refractivity contribution in [1.82, 2.24) is 4.31 Å². The highest BCUT2D eigenvalue weighted by Gasteiger charge is 2.36. The van der Waals surface area contributed by atoms with E-state index in [1.165, 1.54) is 7.05 Å². The van der Waals surface area contributed by atoms with Gasteiger partial charge >= 0.3 is 0 Å². The molecule has 0 saturated carbocycles. The molecule has 4 rings (SSSR count). The number of carbonyl (C=O) groups excluding carboxylic acids is 1. The van der Waals surface area contributed by atoms with E-state index in [-0.39, 0.29) is 4.90 Å². The van der Waals surface area contributed by atoms with Crippen molar-refractivity contribution >= 4 is 45.0 Å². The summed E-state index contributed by atoms with van der Waals surface area (Å²) in [5.41, 5.74) is 3.40. The van der Waals surface area contributed by atoms with E-state index in [4.69, 9.17) is 4.74 Å². The van der Waals surface area contributed by atoms with Crippen LogP contribution in [0.3, 0.4) is 0 Å². The number of rotatable bonds is 7. The zero-order valence-corrected chi connectivity index (χ0v) is 23.0. The summed E-state index contributed by atoms with van der Waals surface area (Å²) in [4.78, 5) is 14.3. The van der Waals surface area contributed by atoms with Gasteiger partial charge in [0.15, 0.2) is 0 Å². The van der Waals surface area contributed by atoms with Crippen LogP contribution in [0.1, 0.15) is 29.0 Å². The van der Waals surface area contributed by atoms with Gasteiger partial charge in [-0.05, 0) is 65.8 Å². The van der Waals surface area contributed by atoms with Crippen LogP contribution in [0.2, 0.25) is 0 Å². The van der Waals surface area contributed by atoms with Gasteiger partial charge in [-0.2, -0.15) is 0 Å². The summed E-state index contributed by atoms with van der Waals surface area (Å²) >= 11 is 3.45. The molecule has 3 aromatic rings. The van der Waals surface area contributed by atoms with Gasteiger partial charge in [-0.3, -0.25) is 4.79 Å². The number of methoxy groups -OCH3 is 1. The van der Waals surface area contributed by atoms with Gasteiger partial charge in [0.1, 0.15) is 5.75 Å². The largest absolute Gasteiger partial charge is 0.497 e. The number of nitrogens with zero attached hydrogens (tertiary/aromatic N) is 1. The summed E-state index contributed by atoms with van der Waals surface area (Å²) in [6.07, 6.45) is 1.08. The molecule has 1 aliphatic heterocycles. The third-order valence-electron chi connectivity index (χ3n) is 6.03. The summed E-state index contributed by atoms with van der Waals surface area (Å²) in [5.74, 6) is 1.34. The number of aryl methyl sites for hydroxylation is 1. The summed E-state index contributed by atoms with van der Waals surface area (Å²) in [6, 6.07) is 23.6. The topological polar surface area (TPSA) is 63.7 Å². The molecule has 1 heterocycles. The van der Waals surface area contributed by atoms with Crippen LogP contribution >= 0.6 is 23.5 Å². The van der Waals surface area contributed by atoms with E-state index < -0.39 is 21.8 Å². The first-order valence-corrected chi connectivity index (χ1v) is 15.0. The fourth-order valence-corrected chi connectivity index (χ4v) is 7.89. The molecule has 0 N–H and O–H groups in total. The van der Waals surface area contributed by atoms with E-state index in [9.17, 15) is 13.2 Å². The van der Waals surface area contributed by atoms with Crippen molar-refractivity contribution < 1.29 is 17.9 Å². The lowest BCUT2D eigenvalue weighted by Crippen LogP contribution is -2.37. The molecular formula is C28H29NO4S3. The van der Waals surface area contributed by atoms with Gasteiger partial charge in [0, 0.05) is 11.3 Å². The van der Waals surface area contributed by atoms with Gasteiger partial charge in [-0.1, -0.05) is 60.2 Å². The Hall–Kier alpha value is -2.68. The molecule has 3 aromatic carbocycles. The first-order valence-electron chi connectivity index (χ1n) is 11.6. The molecule has 0 bridgehead atoms. The van der Waals surface area contributed by atoms with Crippen LogP contribution in [0.15, 0.2) is 88.0 Å². The van der Waals surface area contributed by atoms with E-state index in [2.05, 4.69) is 0 Å². The van der Waals surface area contributed by atoms with Crippen LogP contribution < -0.4 is 4.74 Å². The standard InChI is InChI=1S/C28H29NO4S3/c1-20-10-16-24(17-11-20)36(31,32)29(2)27(30)25(21-8-5-4-6-9-21)26(28-34-18-7-19-35-28)22-12-14-23(33-3)15-13-22/h4-6,8-17,25H,7,18-19H2,1-3H3. The Morgan fingerprint density at radius 2 is 1.53 bits per heavy atom. The van der Waals surface area contributed by atoms with Gasteiger partial charge in [0.25, 0.3) is 10.0 Å². The van der Waals surface area contributed by atoms with E-state index >= 15 is 0 Å². The Morgan fingerprint density at radius 3 is 2.11 bits per heavy atom. The van der Waals surface area contributed by atoms with Gasteiger partial charge in [0.2, 0.25) is 5.91 Å². The minimum absolute atomic E-state index is 0.0934. The molecule has 5 nitrogen and oxygen atoms in total. The van der Waals surface area contributed by atoms with E-state index in [1.54, 1.807) is 54.9 Å². The number of hydrogen-bond acceptors (Lipinski definition) is 6. The molecule has 1 atom stereocenters. The number of likely N-dealkylation sites (N-methyl/N-ethyl adjacent to an activating group) is 1. The van der Waals surface area contributed by atoms with Crippen LogP contribution in [0, 0.1) is 6.92 Å². The number of sulfonamides is 1. The number of benzene rings is 3. The smallest absolute Gasteiger partial charge is 0.266 e. The fraction of sp³-hybridized carbons (Fsp3) is 0.250. The third kappa shape index (κ3) is 5.66. The SMILES string of the molecule is COc1ccc(C(=C2SCCCS2)C(C(=O)N(C)S(=O)(=O)c2ccc(C)cc2)c2ccccc2)cc1. The second-order valence-electron chi connectivity index (χ2n) is 8.45. The highest BCUT2D eigenvalue weighted by atomic mass is 32.2. The van der Waals surface area contributed by atoms with Crippen molar-refractivity contribution in [2.45, 2.75) is 24.2 Å². The predicted octanol–water partition coefficient (Wildman–Crippen LogP) is 6.17. The van der Waals surface area contributed by atoms with Crippen molar-refractivity contribution in [3.05, 3.63) is 99.8 Å². The molecule has 0 aromatic heterocycles. The van der Waals surface area contributed by atoms with E-state index in [0.29, 0.717) is 5.75 Å². The van der Waals surface area contributed by atoms with E-state index in [0.717, 1.165) is 48.7 Å². The number of amides is 1. The molecule has 1 fully saturated rings. The normalized spacial score (nSPS) is 14.7. The molecule has 1 aliphatic rings. The number of carbonyl (C=O) groups is 1. The Kier molecular flexibility index (Phi) is 8.49. The lowest BCUT2D eigenvalue weighted by Gasteiger charge is -2.29. The average molecular weight is 540 g/mol. The first kappa shape index (κ1) is 26.4. The maximum Gasteiger partial charge on any atom is 0.266 e. The quantitative estimate of drug-likeness (QED) is 0.358. The second-order valence-corrected chi connectivity index (χ2v) is 12.9. The van der Waals surface area contributed by atoms with Crippen LogP contribution in [0.4, 0.5) is 0 Å². The molecule has 188 valence electrons. The molecular weight excluding hydrogens is 511 g/mol. The fourth-order valence-electron chi connectivity index (χ4n) is 4.01. The lowest BCUT2D eigenvalue weighted by molar-refractivity contribution is -0.125. The number of ether oxygens (including phenoxy) is 1. The van der Waals surface area contributed by atoms with Gasteiger partial charge in [-0.15, -0.1) is 23.5 Å². The lowest BCUT2D eigenvalue weighted by atomic mass is 9.87. The monoisotopic (exact) mass is 539 g/mol. The van der Waals surface area contributed by atoms with Crippen molar-refractivity contribution in [3.63, 3.8) is 0 Å². The van der Waals surface area contributed by atoms with Gasteiger partial charge in [0.05, 0.1) is 17.9 Å². The average Bonchev–Trinajstić information content (AvgIpc) is 2.92. The highest BCUT2D eigenvalue weighted by Crippen LogP contribution is 2.47. The Balaban J connectivity index is 1.86. The van der Waals surface area contributed by atoms with Crippen molar-refractivity contribution in [2.24, 2.45) is 0 Å². The molecule has 0 radical (unpaired) electrons. The summed E-state index contributed by atoms with van der Waals surface area (Å²) in [6.45, 7) is 1.89. The number of thioether (sulfide) groups is 2. The molecule has 0 spiro atoms. The molecule has 8 heteroatoms. The Morgan fingerprint density at radius 1 is 0.917 bits per heavy atom. The van der Waals surface area contributed by atoms with Crippen molar-refractivity contribution in [3.8, 4) is 5.75 Å². The minimum atomic E-state index is -4.04. The maximum absolute atomic E-state index is 14.2. The molecule has 36 heavy (non-hydrogen) atoms. The summed E-state index contributed by atoms with van der Waals surface area (Å²) in [5, 5.41) is 0. The van der Waals surface area contributed by atoms with Crippen molar-refractivity contribution in [1.29, 1.82) is 0 Å². The first-order chi connectivity index (χ1) is 17.3. The molecule has 1 unspecified atom stereocenters. The molecule has 0 aliphatic carbocycles. The summed E-state index contributed by atoms with van der Waals surface area (Å²) in [7, 11) is -1.07. The van der Waals surface area contributed by atoms with Crippen LogP contribution in [-0.2, 0) is 14.8 Å². The molecule has 1 amide bonds.